The maximum atomic E-state index is 12.3. The van der Waals surface area contributed by atoms with E-state index in [4.69, 9.17) is 4.74 Å². The number of pyridine rings is 1. The molecule has 2 heterocycles. The second kappa shape index (κ2) is 5.65. The molecule has 0 aliphatic rings. The van der Waals surface area contributed by atoms with Gasteiger partial charge in [-0.25, -0.2) is 4.98 Å². The van der Waals surface area contributed by atoms with Gasteiger partial charge in [0.25, 0.3) is 0 Å². The van der Waals surface area contributed by atoms with Crippen LogP contribution in [0, 0.1) is 0 Å². The Balaban J connectivity index is 1.95. The fourth-order valence-electron chi connectivity index (χ4n) is 2.17. The van der Waals surface area contributed by atoms with E-state index in [1.807, 2.05) is 12.1 Å². The number of methoxy groups -OCH3 is 1. The number of H-pyrrole nitrogens is 1. The van der Waals surface area contributed by atoms with Crippen molar-refractivity contribution in [3.8, 4) is 5.75 Å². The number of benzene rings is 1. The van der Waals surface area contributed by atoms with Crippen molar-refractivity contribution < 1.29 is 9.53 Å². The van der Waals surface area contributed by atoms with Gasteiger partial charge in [-0.3, -0.25) is 9.89 Å². The third kappa shape index (κ3) is 2.80. The normalized spacial score (nSPS) is 10.8. The molecule has 2 aromatic heterocycles. The van der Waals surface area contributed by atoms with E-state index in [0.29, 0.717) is 16.0 Å². The summed E-state index contributed by atoms with van der Waals surface area (Å²) in [5, 5.41) is 7.81. The maximum absolute atomic E-state index is 12.3. The van der Waals surface area contributed by atoms with Gasteiger partial charge >= 0.3 is 0 Å². The van der Waals surface area contributed by atoms with Gasteiger partial charge in [0.2, 0.25) is 0 Å². The average molecular weight is 346 g/mol. The first-order valence-electron chi connectivity index (χ1n) is 6.33. The van der Waals surface area contributed by atoms with Gasteiger partial charge in [0, 0.05) is 23.4 Å². The molecule has 0 bridgehead atoms. The molecular formula is C15H12BrN3O2. The molecule has 0 atom stereocenters. The first-order chi connectivity index (χ1) is 10.2. The highest BCUT2D eigenvalue weighted by Crippen LogP contribution is 2.25. The number of nitrogens with one attached hydrogen (secondary N) is 1. The van der Waals surface area contributed by atoms with E-state index in [2.05, 4.69) is 31.1 Å². The van der Waals surface area contributed by atoms with Crippen molar-refractivity contribution in [2.24, 2.45) is 0 Å². The smallest absolute Gasteiger partial charge is 0.185 e. The molecule has 3 rings (SSSR count). The summed E-state index contributed by atoms with van der Waals surface area (Å²) >= 11 is 3.27. The third-order valence-corrected chi connectivity index (χ3v) is 3.63. The molecule has 0 fully saturated rings. The highest BCUT2D eigenvalue weighted by Gasteiger charge is 2.14. The standard InChI is InChI=1S/C15H12BrN3O2/c1-21-14-7-12-10(8-17-19-12)5-9(14)6-13(20)11-3-2-4-15(16)18-11/h2-5,7-8H,6H2,1H3,(H,17,19). The quantitative estimate of drug-likeness (QED) is 0.582. The number of fused-ring (bicyclic) bond motifs is 1. The molecule has 0 saturated heterocycles. The second-order valence-electron chi connectivity index (χ2n) is 4.57. The number of hydrogen-bond acceptors (Lipinski definition) is 4. The average Bonchev–Trinajstić information content (AvgIpc) is 2.93. The summed E-state index contributed by atoms with van der Waals surface area (Å²) in [5.41, 5.74) is 2.13. The summed E-state index contributed by atoms with van der Waals surface area (Å²) in [6.45, 7) is 0. The number of aromatic amines is 1. The van der Waals surface area contributed by atoms with Crippen molar-refractivity contribution in [1.82, 2.24) is 15.2 Å². The zero-order valence-electron chi connectivity index (χ0n) is 11.3. The van der Waals surface area contributed by atoms with Crippen molar-refractivity contribution >= 4 is 32.6 Å². The maximum Gasteiger partial charge on any atom is 0.185 e. The first-order valence-corrected chi connectivity index (χ1v) is 7.12. The number of halogens is 1. The van der Waals surface area contributed by atoms with Crippen molar-refractivity contribution in [3.63, 3.8) is 0 Å². The van der Waals surface area contributed by atoms with E-state index < -0.39 is 0 Å². The molecule has 0 amide bonds. The topological polar surface area (TPSA) is 67.9 Å². The van der Waals surface area contributed by atoms with Crippen LogP contribution in [-0.2, 0) is 6.42 Å². The third-order valence-electron chi connectivity index (χ3n) is 3.19. The fraction of sp³-hybridized carbons (Fsp3) is 0.133. The minimum absolute atomic E-state index is 0.0579. The molecule has 0 aliphatic heterocycles. The van der Waals surface area contributed by atoms with Crippen LogP contribution in [0.4, 0.5) is 0 Å². The van der Waals surface area contributed by atoms with Crippen LogP contribution in [0.3, 0.4) is 0 Å². The Morgan fingerprint density at radius 1 is 1.38 bits per heavy atom. The molecule has 0 unspecified atom stereocenters. The molecule has 0 saturated carbocycles. The van der Waals surface area contributed by atoms with Gasteiger partial charge in [-0.05, 0) is 34.1 Å². The van der Waals surface area contributed by atoms with Crippen molar-refractivity contribution in [2.45, 2.75) is 6.42 Å². The zero-order chi connectivity index (χ0) is 14.8. The van der Waals surface area contributed by atoms with E-state index in [-0.39, 0.29) is 12.2 Å². The van der Waals surface area contributed by atoms with Gasteiger partial charge in [0.15, 0.2) is 5.78 Å². The Labute approximate surface area is 129 Å². The Morgan fingerprint density at radius 2 is 2.24 bits per heavy atom. The summed E-state index contributed by atoms with van der Waals surface area (Å²) in [5.74, 6) is 0.604. The van der Waals surface area contributed by atoms with Gasteiger partial charge in [0.05, 0.1) is 18.8 Å². The molecule has 0 aliphatic carbocycles. The van der Waals surface area contributed by atoms with E-state index >= 15 is 0 Å². The lowest BCUT2D eigenvalue weighted by Crippen LogP contribution is -2.07. The van der Waals surface area contributed by atoms with E-state index in [1.54, 1.807) is 31.5 Å². The summed E-state index contributed by atoms with van der Waals surface area (Å²) in [4.78, 5) is 16.5. The lowest BCUT2D eigenvalue weighted by atomic mass is 10.0. The summed E-state index contributed by atoms with van der Waals surface area (Å²) < 4.78 is 6.00. The SMILES string of the molecule is COc1cc2[nH]ncc2cc1CC(=O)c1cccc(Br)n1. The predicted octanol–water partition coefficient (Wildman–Crippen LogP) is 3.15. The fourth-order valence-corrected chi connectivity index (χ4v) is 2.52. The van der Waals surface area contributed by atoms with Gasteiger partial charge in [0.1, 0.15) is 16.0 Å². The summed E-state index contributed by atoms with van der Waals surface area (Å²) in [6.07, 6.45) is 1.95. The number of hydrogen-bond donors (Lipinski definition) is 1. The molecule has 21 heavy (non-hydrogen) atoms. The Bertz CT molecular complexity index is 814. The number of ketones is 1. The van der Waals surface area contributed by atoms with E-state index in [1.165, 1.54) is 0 Å². The molecule has 0 radical (unpaired) electrons. The number of Topliss-reactive ketones (excluding diaryl/α,β-unsaturated/α-hetero) is 1. The first kappa shape index (κ1) is 13.8. The molecule has 5 nitrogen and oxygen atoms in total. The molecule has 6 heteroatoms. The van der Waals surface area contributed by atoms with Gasteiger partial charge in [-0.15, -0.1) is 0 Å². The van der Waals surface area contributed by atoms with Crippen LogP contribution >= 0.6 is 15.9 Å². The predicted molar refractivity (Wildman–Crippen MR) is 82.6 cm³/mol. The number of carbonyl (C=O) groups is 1. The Morgan fingerprint density at radius 3 is 3.00 bits per heavy atom. The van der Waals surface area contributed by atoms with Crippen LogP contribution in [0.25, 0.3) is 10.9 Å². The molecule has 0 spiro atoms. The van der Waals surface area contributed by atoms with Crippen LogP contribution < -0.4 is 4.74 Å². The second-order valence-corrected chi connectivity index (χ2v) is 5.38. The molecule has 1 aromatic carbocycles. The Kier molecular flexibility index (Phi) is 3.70. The largest absolute Gasteiger partial charge is 0.496 e. The molecule has 106 valence electrons. The molecule has 3 aromatic rings. The van der Waals surface area contributed by atoms with Crippen molar-refractivity contribution in [2.75, 3.05) is 7.11 Å². The lowest BCUT2D eigenvalue weighted by Gasteiger charge is -2.08. The van der Waals surface area contributed by atoms with Crippen molar-refractivity contribution in [3.05, 3.63) is 52.4 Å². The number of nitrogens with zero attached hydrogens (tertiary/aromatic N) is 2. The molecular weight excluding hydrogens is 334 g/mol. The molecule has 1 N–H and O–H groups in total. The zero-order valence-corrected chi connectivity index (χ0v) is 12.8. The lowest BCUT2D eigenvalue weighted by molar-refractivity contribution is 0.0987. The van der Waals surface area contributed by atoms with Crippen LogP contribution in [0.1, 0.15) is 16.1 Å². The highest BCUT2D eigenvalue weighted by atomic mass is 79.9. The van der Waals surface area contributed by atoms with E-state index in [0.717, 1.165) is 16.5 Å². The van der Waals surface area contributed by atoms with Gasteiger partial charge in [-0.1, -0.05) is 6.07 Å². The number of carbonyl (C=O) groups excluding carboxylic acids is 1. The van der Waals surface area contributed by atoms with Gasteiger partial charge in [-0.2, -0.15) is 5.10 Å². The minimum atomic E-state index is -0.0579. The van der Waals surface area contributed by atoms with Gasteiger partial charge < -0.3 is 4.74 Å². The van der Waals surface area contributed by atoms with E-state index in [9.17, 15) is 4.79 Å². The summed E-state index contributed by atoms with van der Waals surface area (Å²) in [6, 6.07) is 9.04. The Hall–Kier alpha value is -2.21. The number of aromatic nitrogens is 3. The van der Waals surface area contributed by atoms with Crippen LogP contribution in [-0.4, -0.2) is 28.1 Å². The van der Waals surface area contributed by atoms with Crippen LogP contribution in [0.2, 0.25) is 0 Å². The number of rotatable bonds is 4. The monoisotopic (exact) mass is 345 g/mol. The summed E-state index contributed by atoms with van der Waals surface area (Å²) in [7, 11) is 1.59. The van der Waals surface area contributed by atoms with Crippen molar-refractivity contribution in [1.29, 1.82) is 0 Å². The van der Waals surface area contributed by atoms with Crippen LogP contribution in [0.15, 0.2) is 41.1 Å². The minimum Gasteiger partial charge on any atom is -0.496 e. The highest BCUT2D eigenvalue weighted by molar-refractivity contribution is 9.10. The van der Waals surface area contributed by atoms with Crippen LogP contribution in [0.5, 0.6) is 5.75 Å². The number of ether oxygens (including phenoxy) is 1.